The van der Waals surface area contributed by atoms with Crippen LogP contribution >= 0.6 is 0 Å². The van der Waals surface area contributed by atoms with Crippen LogP contribution in [0.3, 0.4) is 0 Å². The number of urea groups is 1. The van der Waals surface area contributed by atoms with E-state index in [9.17, 15) is 22.8 Å². The number of amides is 3. The molecule has 0 atom stereocenters. The molecule has 168 valence electrons. The predicted octanol–water partition coefficient (Wildman–Crippen LogP) is 2.97. The van der Waals surface area contributed by atoms with E-state index >= 15 is 0 Å². The van der Waals surface area contributed by atoms with Gasteiger partial charge in [0.1, 0.15) is 6.33 Å². The average Bonchev–Trinajstić information content (AvgIpc) is 3.16. The van der Waals surface area contributed by atoms with Gasteiger partial charge in [0.15, 0.2) is 0 Å². The van der Waals surface area contributed by atoms with Gasteiger partial charge in [0.2, 0.25) is 5.91 Å². The van der Waals surface area contributed by atoms with Crippen molar-refractivity contribution in [3.8, 4) is 0 Å². The molecule has 1 aliphatic heterocycles. The maximum Gasteiger partial charge on any atom is 0.418 e. The molecule has 1 aromatic heterocycles. The van der Waals surface area contributed by atoms with Gasteiger partial charge < -0.3 is 10.2 Å². The molecule has 1 aliphatic rings. The highest BCUT2D eigenvalue weighted by Gasteiger charge is 2.33. The Morgan fingerprint density at radius 1 is 0.969 bits per heavy atom. The zero-order chi connectivity index (χ0) is 22.7. The van der Waals surface area contributed by atoms with Gasteiger partial charge in [0, 0.05) is 26.2 Å². The van der Waals surface area contributed by atoms with E-state index in [1.165, 1.54) is 24.5 Å². The molecule has 2 aromatic carbocycles. The Morgan fingerprint density at radius 2 is 1.66 bits per heavy atom. The van der Waals surface area contributed by atoms with Crippen LogP contribution in [-0.2, 0) is 11.0 Å². The summed E-state index contributed by atoms with van der Waals surface area (Å²) < 4.78 is 40.8. The Bertz CT molecular complexity index is 1120. The summed E-state index contributed by atoms with van der Waals surface area (Å²) in [5.74, 6) is -0.538. The second kappa shape index (κ2) is 8.87. The highest BCUT2D eigenvalue weighted by molar-refractivity contribution is 5.93. The molecule has 0 radical (unpaired) electrons. The Kier molecular flexibility index (Phi) is 5.99. The van der Waals surface area contributed by atoms with Crippen LogP contribution in [0.1, 0.15) is 5.56 Å². The van der Waals surface area contributed by atoms with E-state index in [1.54, 1.807) is 14.5 Å². The second-order valence-electron chi connectivity index (χ2n) is 7.37. The number of alkyl halides is 3. The van der Waals surface area contributed by atoms with E-state index < -0.39 is 17.6 Å². The highest BCUT2D eigenvalue weighted by atomic mass is 19.4. The van der Waals surface area contributed by atoms with Gasteiger partial charge in [-0.15, -0.1) is 0 Å². The minimum atomic E-state index is -4.55. The minimum Gasteiger partial charge on any atom is -0.324 e. The Morgan fingerprint density at radius 3 is 2.41 bits per heavy atom. The predicted molar refractivity (Wildman–Crippen MR) is 113 cm³/mol. The number of carbonyl (C=O) groups excluding carboxylic acids is 2. The lowest BCUT2D eigenvalue weighted by molar-refractivity contribution is -0.137. The van der Waals surface area contributed by atoms with Crippen molar-refractivity contribution in [2.24, 2.45) is 0 Å². The number of fused-ring (bicyclic) bond motifs is 1. The molecule has 1 saturated heterocycles. The zero-order valence-electron chi connectivity index (χ0n) is 17.0. The van der Waals surface area contributed by atoms with E-state index in [4.69, 9.17) is 0 Å². The maximum absolute atomic E-state index is 13.1. The molecule has 2 N–H and O–H groups in total. The molecule has 11 heteroatoms. The van der Waals surface area contributed by atoms with Crippen molar-refractivity contribution in [2.75, 3.05) is 43.5 Å². The number of nitrogens with one attached hydrogen (secondary N) is 2. The van der Waals surface area contributed by atoms with Crippen LogP contribution < -0.4 is 10.7 Å². The normalized spacial score (nSPS) is 15.0. The van der Waals surface area contributed by atoms with Crippen LogP contribution in [0.2, 0.25) is 0 Å². The third-order valence-corrected chi connectivity index (χ3v) is 5.20. The summed E-state index contributed by atoms with van der Waals surface area (Å²) in [6.45, 7) is 1.54. The summed E-state index contributed by atoms with van der Waals surface area (Å²) in [6.07, 6.45) is -3.02. The molecule has 0 aliphatic carbocycles. The van der Waals surface area contributed by atoms with Gasteiger partial charge in [0.05, 0.1) is 28.8 Å². The van der Waals surface area contributed by atoms with Gasteiger partial charge in [-0.1, -0.05) is 24.3 Å². The average molecular weight is 446 g/mol. The zero-order valence-corrected chi connectivity index (χ0v) is 17.0. The van der Waals surface area contributed by atoms with Crippen LogP contribution in [-0.4, -0.2) is 64.1 Å². The van der Waals surface area contributed by atoms with Gasteiger partial charge in [-0.05, 0) is 24.3 Å². The van der Waals surface area contributed by atoms with Crippen LogP contribution in [0.25, 0.3) is 11.0 Å². The lowest BCUT2D eigenvalue weighted by Crippen LogP contribution is -2.52. The molecule has 3 aromatic rings. The first-order valence-corrected chi connectivity index (χ1v) is 9.98. The van der Waals surface area contributed by atoms with E-state index in [1.807, 2.05) is 24.3 Å². The van der Waals surface area contributed by atoms with Gasteiger partial charge >= 0.3 is 12.2 Å². The third-order valence-electron chi connectivity index (χ3n) is 5.20. The van der Waals surface area contributed by atoms with Gasteiger partial charge in [-0.25, -0.2) is 19.9 Å². The number of carbonyl (C=O) groups is 2. The number of halogens is 3. The number of rotatable bonds is 4. The summed E-state index contributed by atoms with van der Waals surface area (Å²) in [6, 6.07) is 12.0. The first-order chi connectivity index (χ1) is 15.3. The lowest BCUT2D eigenvalue weighted by atomic mass is 10.1. The molecule has 8 nitrogen and oxygen atoms in total. The first-order valence-electron chi connectivity index (χ1n) is 9.98. The molecule has 2 heterocycles. The maximum atomic E-state index is 13.1. The summed E-state index contributed by atoms with van der Waals surface area (Å²) in [4.78, 5) is 32.5. The smallest absolute Gasteiger partial charge is 0.324 e. The van der Waals surface area contributed by atoms with E-state index in [-0.39, 0.29) is 18.3 Å². The van der Waals surface area contributed by atoms with Crippen molar-refractivity contribution in [3.05, 3.63) is 60.4 Å². The quantitative estimate of drug-likeness (QED) is 0.646. The van der Waals surface area contributed by atoms with Gasteiger partial charge in [-0.2, -0.15) is 13.2 Å². The topological polar surface area (TPSA) is 82.5 Å². The monoisotopic (exact) mass is 446 g/mol. The molecular weight excluding hydrogens is 425 g/mol. The number of piperazine rings is 1. The molecule has 3 amide bonds. The summed E-state index contributed by atoms with van der Waals surface area (Å²) in [7, 11) is 0. The first kappa shape index (κ1) is 21.6. The Hall–Kier alpha value is -3.60. The number of aromatic nitrogens is 2. The fourth-order valence-electron chi connectivity index (χ4n) is 3.56. The van der Waals surface area contributed by atoms with Crippen molar-refractivity contribution in [1.82, 2.24) is 19.5 Å². The lowest BCUT2D eigenvalue weighted by Gasteiger charge is -2.34. The van der Waals surface area contributed by atoms with Crippen molar-refractivity contribution in [1.29, 1.82) is 0 Å². The summed E-state index contributed by atoms with van der Waals surface area (Å²) in [5, 5.41) is 2.34. The fourth-order valence-corrected chi connectivity index (χ4v) is 3.56. The van der Waals surface area contributed by atoms with Crippen LogP contribution in [0, 0.1) is 0 Å². The molecule has 0 spiro atoms. The minimum absolute atomic E-state index is 0.0617. The molecule has 4 rings (SSSR count). The SMILES string of the molecule is O=C(CN1CCN(C(=O)Nn2cnc3ccccc32)CC1)Nc1ccccc1C(F)(F)F. The second-order valence-corrected chi connectivity index (χ2v) is 7.37. The number of benzene rings is 2. The van der Waals surface area contributed by atoms with Crippen LogP contribution in [0.5, 0.6) is 0 Å². The highest BCUT2D eigenvalue weighted by Crippen LogP contribution is 2.34. The Labute approximate surface area is 181 Å². The summed E-state index contributed by atoms with van der Waals surface area (Å²) in [5.41, 5.74) is 3.16. The molecule has 0 saturated carbocycles. The number of hydrogen-bond acceptors (Lipinski definition) is 4. The molecular formula is C21H21F3N6O2. The van der Waals surface area contributed by atoms with E-state index in [0.29, 0.717) is 26.2 Å². The van der Waals surface area contributed by atoms with Crippen molar-refractivity contribution in [3.63, 3.8) is 0 Å². The Balaban J connectivity index is 1.29. The molecule has 32 heavy (non-hydrogen) atoms. The third kappa shape index (κ3) is 4.83. The van der Waals surface area contributed by atoms with Crippen molar-refractivity contribution >= 4 is 28.7 Å². The molecule has 0 bridgehead atoms. The van der Waals surface area contributed by atoms with E-state index in [0.717, 1.165) is 17.1 Å². The number of imidazole rings is 1. The molecule has 1 fully saturated rings. The number of nitrogens with zero attached hydrogens (tertiary/aromatic N) is 4. The number of para-hydroxylation sites is 3. The van der Waals surface area contributed by atoms with Crippen LogP contribution in [0.15, 0.2) is 54.9 Å². The van der Waals surface area contributed by atoms with Gasteiger partial charge in [0.25, 0.3) is 0 Å². The summed E-state index contributed by atoms with van der Waals surface area (Å²) >= 11 is 0. The van der Waals surface area contributed by atoms with E-state index in [2.05, 4.69) is 15.7 Å². The van der Waals surface area contributed by atoms with Crippen LogP contribution in [0.4, 0.5) is 23.7 Å². The van der Waals surface area contributed by atoms with Gasteiger partial charge in [-0.3, -0.25) is 9.69 Å². The largest absolute Gasteiger partial charge is 0.418 e. The standard InChI is InChI=1S/C21H21F3N6O2/c22-21(23,24)15-5-1-2-6-16(15)26-19(31)13-28-9-11-29(12-10-28)20(32)27-30-14-25-17-7-3-4-8-18(17)30/h1-8,14H,9-13H2,(H,26,31)(H,27,32). The number of hydrogen-bond donors (Lipinski definition) is 2. The van der Waals surface area contributed by atoms with Crippen molar-refractivity contribution in [2.45, 2.75) is 6.18 Å². The number of anilines is 1. The molecule has 0 unspecified atom stereocenters. The fraction of sp³-hybridized carbons (Fsp3) is 0.286. The van der Waals surface area contributed by atoms with Crippen molar-refractivity contribution < 1.29 is 22.8 Å².